The van der Waals surface area contributed by atoms with Gasteiger partial charge in [-0.1, -0.05) is 6.07 Å². The van der Waals surface area contributed by atoms with E-state index in [0.29, 0.717) is 5.69 Å². The van der Waals surface area contributed by atoms with Gasteiger partial charge in [-0.2, -0.15) is 4.99 Å². The highest BCUT2D eigenvalue weighted by atomic mass is 16.2. The summed E-state index contributed by atoms with van der Waals surface area (Å²) in [5.41, 5.74) is 2.59. The Bertz CT molecular complexity index is 602. The molecular weight excluding hydrogens is 260 g/mol. The van der Waals surface area contributed by atoms with Crippen LogP contribution in [0.1, 0.15) is 11.1 Å². The van der Waals surface area contributed by atoms with Crippen LogP contribution in [0.25, 0.3) is 0 Å². The van der Waals surface area contributed by atoms with Crippen LogP contribution in [0.5, 0.6) is 0 Å². The number of anilines is 1. The lowest BCUT2D eigenvalue weighted by Crippen LogP contribution is -2.53. The molecule has 0 aliphatic carbocycles. The number of hydrogen-bond acceptors (Lipinski definition) is 3. The van der Waals surface area contributed by atoms with Crippen molar-refractivity contribution in [2.45, 2.75) is 13.8 Å². The van der Waals surface area contributed by atoms with Crippen LogP contribution in [0.15, 0.2) is 23.2 Å². The van der Waals surface area contributed by atoms with Crippen molar-refractivity contribution in [3.8, 4) is 0 Å². The molecule has 0 saturated carbocycles. The summed E-state index contributed by atoms with van der Waals surface area (Å²) in [5, 5.41) is 6.97. The average Bonchev–Trinajstić information content (AvgIpc) is 2.31. The summed E-state index contributed by atoms with van der Waals surface area (Å²) in [5.74, 6) is -0.663. The Balaban J connectivity index is 2.08. The van der Waals surface area contributed by atoms with Crippen molar-refractivity contribution in [3.63, 3.8) is 0 Å². The zero-order chi connectivity index (χ0) is 14.7. The highest BCUT2D eigenvalue weighted by Gasteiger charge is 2.22. The van der Waals surface area contributed by atoms with E-state index < -0.39 is 18.0 Å². The summed E-state index contributed by atoms with van der Waals surface area (Å²) < 4.78 is 0. The minimum Gasteiger partial charge on any atom is -0.332 e. The lowest BCUT2D eigenvalue weighted by molar-refractivity contribution is -0.114. The van der Waals surface area contributed by atoms with E-state index in [1.807, 2.05) is 25.2 Å². The Morgan fingerprint density at radius 2 is 1.85 bits per heavy atom. The zero-order valence-corrected chi connectivity index (χ0v) is 11.1. The van der Waals surface area contributed by atoms with E-state index in [9.17, 15) is 14.4 Å². The summed E-state index contributed by atoms with van der Waals surface area (Å²) in [6.07, 6.45) is 0. The van der Waals surface area contributed by atoms with Gasteiger partial charge >= 0.3 is 12.1 Å². The van der Waals surface area contributed by atoms with Crippen LogP contribution in [0.4, 0.5) is 15.3 Å². The summed E-state index contributed by atoms with van der Waals surface area (Å²) >= 11 is 0. The second kappa shape index (κ2) is 5.52. The quantitative estimate of drug-likeness (QED) is 0.715. The van der Waals surface area contributed by atoms with Gasteiger partial charge in [0.25, 0.3) is 5.91 Å². The Hall–Kier alpha value is -2.70. The third kappa shape index (κ3) is 3.41. The molecule has 104 valence electrons. The lowest BCUT2D eigenvalue weighted by atomic mass is 10.1. The number of aryl methyl sites for hydroxylation is 2. The van der Waals surface area contributed by atoms with E-state index >= 15 is 0 Å². The van der Waals surface area contributed by atoms with Crippen LogP contribution in [0.3, 0.4) is 0 Å². The Morgan fingerprint density at radius 1 is 1.20 bits per heavy atom. The second-order valence-corrected chi connectivity index (χ2v) is 4.50. The topological polar surface area (TPSA) is 99.7 Å². The minimum absolute atomic E-state index is 0.0357. The smallest absolute Gasteiger partial charge is 0.332 e. The van der Waals surface area contributed by atoms with Gasteiger partial charge in [-0.15, -0.1) is 0 Å². The second-order valence-electron chi connectivity index (χ2n) is 4.50. The number of nitrogens with one attached hydrogen (secondary N) is 3. The molecule has 0 atom stereocenters. The fourth-order valence-electron chi connectivity index (χ4n) is 1.87. The average molecular weight is 274 g/mol. The van der Waals surface area contributed by atoms with E-state index in [2.05, 4.69) is 15.6 Å². The first-order valence-electron chi connectivity index (χ1n) is 6.00. The standard InChI is InChI=1S/C13H14N4O3/c1-7-3-8(2)5-9(4-7)15-13(20)16-10-6-14-12(19)17-11(10)18/h3-5H,6H2,1-2H3,(H,15,20)(H2,14,17,18,19). The molecule has 1 heterocycles. The van der Waals surface area contributed by atoms with E-state index in [1.165, 1.54) is 0 Å². The van der Waals surface area contributed by atoms with Gasteiger partial charge in [-0.25, -0.2) is 9.59 Å². The molecule has 7 heteroatoms. The molecule has 7 nitrogen and oxygen atoms in total. The molecule has 1 fully saturated rings. The number of benzene rings is 1. The fraction of sp³-hybridized carbons (Fsp3) is 0.231. The van der Waals surface area contributed by atoms with Crippen molar-refractivity contribution in [1.82, 2.24) is 10.6 Å². The maximum atomic E-state index is 11.7. The molecule has 0 spiro atoms. The number of aliphatic imine (C=N–C) groups is 1. The van der Waals surface area contributed by atoms with Gasteiger partial charge in [-0.05, 0) is 37.1 Å². The van der Waals surface area contributed by atoms with Gasteiger partial charge in [0.1, 0.15) is 5.71 Å². The Labute approximate surface area is 115 Å². The SMILES string of the molecule is Cc1cc(C)cc(NC(=O)N=C2CNC(=O)NC2=O)c1. The van der Waals surface area contributed by atoms with Crippen LogP contribution in [-0.2, 0) is 4.79 Å². The zero-order valence-electron chi connectivity index (χ0n) is 11.1. The molecule has 0 unspecified atom stereocenters. The molecule has 2 rings (SSSR count). The first-order chi connectivity index (χ1) is 9.44. The highest BCUT2D eigenvalue weighted by Crippen LogP contribution is 2.13. The molecule has 1 saturated heterocycles. The Kier molecular flexibility index (Phi) is 3.79. The van der Waals surface area contributed by atoms with Gasteiger partial charge in [0, 0.05) is 5.69 Å². The number of carbonyl (C=O) groups is 3. The fourth-order valence-corrected chi connectivity index (χ4v) is 1.87. The maximum absolute atomic E-state index is 11.7. The largest absolute Gasteiger partial charge is 0.345 e. The van der Waals surface area contributed by atoms with Crippen LogP contribution < -0.4 is 16.0 Å². The van der Waals surface area contributed by atoms with Gasteiger partial charge < -0.3 is 10.6 Å². The van der Waals surface area contributed by atoms with Crippen molar-refractivity contribution in [2.75, 3.05) is 11.9 Å². The van der Waals surface area contributed by atoms with Gasteiger partial charge in [0.15, 0.2) is 0 Å². The normalized spacial score (nSPS) is 16.6. The summed E-state index contributed by atoms with van der Waals surface area (Å²) in [4.78, 5) is 37.7. The number of imide groups is 1. The molecule has 0 bridgehead atoms. The third-order valence-electron chi connectivity index (χ3n) is 2.62. The maximum Gasteiger partial charge on any atom is 0.345 e. The third-order valence-corrected chi connectivity index (χ3v) is 2.62. The van der Waals surface area contributed by atoms with Crippen molar-refractivity contribution in [1.29, 1.82) is 0 Å². The first-order valence-corrected chi connectivity index (χ1v) is 6.00. The first kappa shape index (κ1) is 13.7. The van der Waals surface area contributed by atoms with Crippen LogP contribution in [0.2, 0.25) is 0 Å². The van der Waals surface area contributed by atoms with Crippen LogP contribution in [-0.4, -0.2) is 30.2 Å². The number of rotatable bonds is 1. The Morgan fingerprint density at radius 3 is 2.45 bits per heavy atom. The summed E-state index contributed by atoms with van der Waals surface area (Å²) in [6.45, 7) is 3.77. The number of hydrogen-bond donors (Lipinski definition) is 3. The van der Waals surface area contributed by atoms with E-state index in [-0.39, 0.29) is 12.3 Å². The van der Waals surface area contributed by atoms with E-state index in [4.69, 9.17) is 0 Å². The van der Waals surface area contributed by atoms with Gasteiger partial charge in [0.05, 0.1) is 6.54 Å². The molecule has 1 aliphatic heterocycles. The van der Waals surface area contributed by atoms with Crippen molar-refractivity contribution >= 4 is 29.4 Å². The molecule has 1 aliphatic rings. The van der Waals surface area contributed by atoms with Gasteiger partial charge in [0.2, 0.25) is 0 Å². The molecule has 1 aromatic carbocycles. The molecule has 0 aromatic heterocycles. The molecule has 3 N–H and O–H groups in total. The monoisotopic (exact) mass is 274 g/mol. The van der Waals surface area contributed by atoms with Crippen molar-refractivity contribution in [3.05, 3.63) is 29.3 Å². The highest BCUT2D eigenvalue weighted by molar-refractivity contribution is 6.45. The predicted molar refractivity (Wildman–Crippen MR) is 73.9 cm³/mol. The molecule has 5 amide bonds. The molecule has 0 radical (unpaired) electrons. The van der Waals surface area contributed by atoms with Crippen LogP contribution in [0, 0.1) is 13.8 Å². The van der Waals surface area contributed by atoms with E-state index in [1.54, 1.807) is 12.1 Å². The van der Waals surface area contributed by atoms with Crippen LogP contribution >= 0.6 is 0 Å². The number of amides is 5. The lowest BCUT2D eigenvalue weighted by Gasteiger charge is -2.14. The molecular formula is C13H14N4O3. The number of urea groups is 2. The van der Waals surface area contributed by atoms with Gasteiger partial charge in [-0.3, -0.25) is 10.1 Å². The minimum atomic E-state index is -0.663. The summed E-state index contributed by atoms with van der Waals surface area (Å²) in [6, 6.07) is 4.33. The van der Waals surface area contributed by atoms with E-state index in [0.717, 1.165) is 11.1 Å². The van der Waals surface area contributed by atoms with Crippen molar-refractivity contribution in [2.24, 2.45) is 4.99 Å². The van der Waals surface area contributed by atoms with Crippen molar-refractivity contribution < 1.29 is 14.4 Å². The number of nitrogens with zero attached hydrogens (tertiary/aromatic N) is 1. The number of carbonyl (C=O) groups excluding carboxylic acids is 3. The summed E-state index contributed by atoms with van der Waals surface area (Å²) in [7, 11) is 0. The molecule has 20 heavy (non-hydrogen) atoms. The predicted octanol–water partition coefficient (Wildman–Crippen LogP) is 1.12. The molecule has 1 aromatic rings.